The lowest BCUT2D eigenvalue weighted by Crippen LogP contribution is -2.52. The molecular formula is C6H16O2Si2. The maximum Gasteiger partial charge on any atom is 0.210 e. The van der Waals surface area contributed by atoms with Crippen molar-refractivity contribution in [1.82, 2.24) is 0 Å². The lowest BCUT2D eigenvalue weighted by atomic mass is 10.9. The molecule has 60 valence electrons. The molecule has 0 N–H and O–H groups in total. The van der Waals surface area contributed by atoms with Gasteiger partial charge in [0, 0.05) is 0 Å². The molecule has 4 heteroatoms. The summed E-state index contributed by atoms with van der Waals surface area (Å²) in [5.74, 6) is 0. The van der Waals surface area contributed by atoms with E-state index in [1.807, 2.05) is 0 Å². The fraction of sp³-hybridized carbons (Fsp3) is 1.00. The molecule has 0 bridgehead atoms. The van der Waals surface area contributed by atoms with Crippen molar-refractivity contribution in [3.8, 4) is 0 Å². The Morgan fingerprint density at radius 3 is 2.50 bits per heavy atom. The normalized spacial score (nSPS) is 39.6. The van der Waals surface area contributed by atoms with Crippen molar-refractivity contribution in [2.45, 2.75) is 32.3 Å². The lowest BCUT2D eigenvalue weighted by Gasteiger charge is -2.36. The van der Waals surface area contributed by atoms with E-state index < -0.39 is 17.4 Å². The van der Waals surface area contributed by atoms with Gasteiger partial charge in [-0.3, -0.25) is 0 Å². The standard InChI is InChI=1S/C6H16O2Si2/c1-6-8-10(3,4)5-7-9(6)2/h6,9H,5H2,1-4H3. The average Bonchev–Trinajstić information content (AvgIpc) is 1.79. The number of hydrogen-bond acceptors (Lipinski definition) is 2. The van der Waals surface area contributed by atoms with Gasteiger partial charge in [0.2, 0.25) is 8.32 Å². The van der Waals surface area contributed by atoms with E-state index >= 15 is 0 Å². The van der Waals surface area contributed by atoms with Crippen molar-refractivity contribution >= 4 is 17.4 Å². The summed E-state index contributed by atoms with van der Waals surface area (Å²) in [5, 5.41) is 0. The lowest BCUT2D eigenvalue weighted by molar-refractivity contribution is 0.192. The Morgan fingerprint density at radius 1 is 1.50 bits per heavy atom. The SMILES string of the molecule is CC1O[Si](C)(C)CO[SiH]1C. The maximum atomic E-state index is 5.86. The van der Waals surface area contributed by atoms with Crippen LogP contribution >= 0.6 is 0 Å². The molecule has 1 aliphatic rings. The van der Waals surface area contributed by atoms with Gasteiger partial charge in [-0.05, 0) is 26.6 Å². The van der Waals surface area contributed by atoms with Crippen LogP contribution in [0.25, 0.3) is 0 Å². The van der Waals surface area contributed by atoms with E-state index in [4.69, 9.17) is 8.85 Å². The Balaban J connectivity index is 2.49. The molecule has 0 aromatic carbocycles. The van der Waals surface area contributed by atoms with Crippen LogP contribution < -0.4 is 0 Å². The Hall–Kier alpha value is 0.354. The van der Waals surface area contributed by atoms with E-state index in [2.05, 4.69) is 26.6 Å². The summed E-state index contributed by atoms with van der Waals surface area (Å²) in [6.45, 7) is 8.77. The zero-order chi connectivity index (χ0) is 7.78. The molecule has 0 aromatic rings. The maximum absolute atomic E-state index is 5.86. The minimum absolute atomic E-state index is 0.426. The first-order valence-electron chi connectivity index (χ1n) is 3.81. The van der Waals surface area contributed by atoms with Crippen LogP contribution in [0.1, 0.15) is 6.92 Å². The molecule has 2 nitrogen and oxygen atoms in total. The van der Waals surface area contributed by atoms with Crippen LogP contribution in [0.2, 0.25) is 19.6 Å². The van der Waals surface area contributed by atoms with Gasteiger partial charge in [-0.2, -0.15) is 0 Å². The molecule has 1 heterocycles. The third kappa shape index (κ3) is 1.92. The molecule has 0 aliphatic carbocycles. The molecule has 1 rings (SSSR count). The van der Waals surface area contributed by atoms with Crippen molar-refractivity contribution in [1.29, 1.82) is 0 Å². The van der Waals surface area contributed by atoms with E-state index in [1.165, 1.54) is 0 Å². The van der Waals surface area contributed by atoms with Crippen LogP contribution in [-0.4, -0.2) is 29.3 Å². The zero-order valence-corrected chi connectivity index (χ0v) is 9.33. The van der Waals surface area contributed by atoms with Gasteiger partial charge in [0.1, 0.15) is 0 Å². The highest BCUT2D eigenvalue weighted by Gasteiger charge is 2.34. The highest BCUT2D eigenvalue weighted by atomic mass is 28.4. The molecular weight excluding hydrogens is 160 g/mol. The summed E-state index contributed by atoms with van der Waals surface area (Å²) in [4.78, 5) is 0. The fourth-order valence-electron chi connectivity index (χ4n) is 1.10. The molecule has 0 saturated carbocycles. The smallest absolute Gasteiger partial charge is 0.210 e. The Labute approximate surface area is 65.4 Å². The molecule has 1 saturated heterocycles. The van der Waals surface area contributed by atoms with Gasteiger partial charge in [0.05, 0.1) is 12.0 Å². The van der Waals surface area contributed by atoms with Gasteiger partial charge >= 0.3 is 0 Å². The summed E-state index contributed by atoms with van der Waals surface area (Å²) >= 11 is 0. The summed E-state index contributed by atoms with van der Waals surface area (Å²) in [5.41, 5.74) is 0.426. The Kier molecular flexibility index (Phi) is 2.34. The third-order valence-corrected chi connectivity index (χ3v) is 6.49. The quantitative estimate of drug-likeness (QED) is 0.514. The van der Waals surface area contributed by atoms with Crippen LogP contribution in [-0.2, 0) is 8.85 Å². The van der Waals surface area contributed by atoms with Crippen LogP contribution in [0.15, 0.2) is 0 Å². The van der Waals surface area contributed by atoms with Crippen LogP contribution in [0.4, 0.5) is 0 Å². The van der Waals surface area contributed by atoms with Crippen molar-refractivity contribution in [2.75, 3.05) is 6.23 Å². The fourth-order valence-corrected chi connectivity index (χ4v) is 6.98. The minimum Gasteiger partial charge on any atom is -0.418 e. The second kappa shape index (κ2) is 2.77. The van der Waals surface area contributed by atoms with Gasteiger partial charge in [0.25, 0.3) is 0 Å². The van der Waals surface area contributed by atoms with Crippen LogP contribution in [0.5, 0.6) is 0 Å². The summed E-state index contributed by atoms with van der Waals surface area (Å²) in [6.07, 6.45) is 0.907. The molecule has 10 heavy (non-hydrogen) atoms. The topological polar surface area (TPSA) is 18.5 Å². The predicted octanol–water partition coefficient (Wildman–Crippen LogP) is 1.06. The molecule has 1 aliphatic heterocycles. The monoisotopic (exact) mass is 176 g/mol. The minimum atomic E-state index is -1.38. The Morgan fingerprint density at radius 2 is 2.10 bits per heavy atom. The molecule has 2 atom stereocenters. The highest BCUT2D eigenvalue weighted by Crippen LogP contribution is 2.16. The van der Waals surface area contributed by atoms with Crippen LogP contribution in [0.3, 0.4) is 0 Å². The van der Waals surface area contributed by atoms with E-state index in [9.17, 15) is 0 Å². The van der Waals surface area contributed by atoms with Gasteiger partial charge in [-0.25, -0.2) is 0 Å². The first-order valence-corrected chi connectivity index (χ1v) is 9.21. The molecule has 0 radical (unpaired) electrons. The van der Waals surface area contributed by atoms with Crippen molar-refractivity contribution < 1.29 is 8.85 Å². The zero-order valence-electron chi connectivity index (χ0n) is 7.18. The highest BCUT2D eigenvalue weighted by molar-refractivity contribution is 6.74. The van der Waals surface area contributed by atoms with E-state index in [-0.39, 0.29) is 0 Å². The van der Waals surface area contributed by atoms with E-state index in [0.29, 0.717) is 5.73 Å². The predicted molar refractivity (Wildman–Crippen MR) is 47.0 cm³/mol. The Bertz CT molecular complexity index is 127. The number of rotatable bonds is 0. The summed E-state index contributed by atoms with van der Waals surface area (Å²) < 4.78 is 11.5. The molecule has 0 amide bonds. The van der Waals surface area contributed by atoms with Crippen molar-refractivity contribution in [3.05, 3.63) is 0 Å². The van der Waals surface area contributed by atoms with Gasteiger partial charge in [-0.1, -0.05) is 0 Å². The van der Waals surface area contributed by atoms with Gasteiger partial charge in [-0.15, -0.1) is 0 Å². The number of hydrogen-bond donors (Lipinski definition) is 0. The molecule has 1 fully saturated rings. The van der Waals surface area contributed by atoms with Crippen LogP contribution in [0, 0.1) is 0 Å². The van der Waals surface area contributed by atoms with Gasteiger partial charge < -0.3 is 8.85 Å². The summed E-state index contributed by atoms with van der Waals surface area (Å²) in [6, 6.07) is 0. The third-order valence-electron chi connectivity index (χ3n) is 1.86. The molecule has 2 unspecified atom stereocenters. The molecule has 0 spiro atoms. The van der Waals surface area contributed by atoms with E-state index in [0.717, 1.165) is 6.23 Å². The second-order valence-electron chi connectivity index (χ2n) is 3.60. The second-order valence-corrected chi connectivity index (χ2v) is 10.3. The largest absolute Gasteiger partial charge is 0.418 e. The first-order chi connectivity index (χ1) is 4.51. The van der Waals surface area contributed by atoms with Crippen molar-refractivity contribution in [3.63, 3.8) is 0 Å². The van der Waals surface area contributed by atoms with Gasteiger partial charge in [0.15, 0.2) is 9.04 Å². The average molecular weight is 176 g/mol. The van der Waals surface area contributed by atoms with E-state index in [1.54, 1.807) is 0 Å². The molecule has 0 aromatic heterocycles. The summed E-state index contributed by atoms with van der Waals surface area (Å²) in [7, 11) is -2.34. The first kappa shape index (κ1) is 8.45. The van der Waals surface area contributed by atoms with Crippen molar-refractivity contribution in [2.24, 2.45) is 0 Å².